The van der Waals surface area contributed by atoms with Crippen LogP contribution < -0.4 is 28.4 Å². The summed E-state index contributed by atoms with van der Waals surface area (Å²) < 4.78 is 33.8. The molecule has 14 nitrogen and oxygen atoms in total. The molecule has 2 N–H and O–H groups in total. The van der Waals surface area contributed by atoms with E-state index in [1.165, 1.54) is 38.2 Å². The summed E-state index contributed by atoms with van der Waals surface area (Å²) in [7, 11) is 6.09. The topological polar surface area (TPSA) is 171 Å². The lowest BCUT2D eigenvalue weighted by molar-refractivity contribution is -0.187. The van der Waals surface area contributed by atoms with Gasteiger partial charge < -0.3 is 48.4 Å². The number of benzene rings is 6. The monoisotopic (exact) mass is 922 g/mol. The third kappa shape index (κ3) is 11.5. The molecule has 0 aromatic heterocycles. The Labute approximate surface area is 395 Å². The van der Waals surface area contributed by atoms with E-state index in [1.807, 2.05) is 72.8 Å². The van der Waals surface area contributed by atoms with Gasteiger partial charge in [0.1, 0.15) is 23.0 Å². The number of hydrogen-bond donors (Lipinski definition) is 2. The number of methoxy groups -OCH3 is 4. The second-order valence-electron chi connectivity index (χ2n) is 16.3. The SMILES string of the molecule is COc1ccc(CCN(Cc2ccc(Oc3ccccc3)cc2)C(=O)C2C(C(=O)O)C(C(=O)N(CCc3ccc(OC)c(OC)c3)Cc3ccc(Oc4ccccc4)cc3)C2C(=O)O)cc1OC. The van der Waals surface area contributed by atoms with E-state index in [9.17, 15) is 29.4 Å². The highest BCUT2D eigenvalue weighted by atomic mass is 16.5. The Morgan fingerprint density at radius 1 is 0.412 bits per heavy atom. The highest BCUT2D eigenvalue weighted by Gasteiger charge is 2.64. The van der Waals surface area contributed by atoms with Crippen molar-refractivity contribution in [1.82, 2.24) is 9.80 Å². The second kappa shape index (κ2) is 22.5. The largest absolute Gasteiger partial charge is 0.493 e. The number of hydrogen-bond acceptors (Lipinski definition) is 10. The number of ether oxygens (including phenoxy) is 6. The van der Waals surface area contributed by atoms with E-state index in [2.05, 4.69) is 0 Å². The molecule has 0 unspecified atom stereocenters. The number of amides is 2. The van der Waals surface area contributed by atoms with Crippen LogP contribution in [0.15, 0.2) is 146 Å². The van der Waals surface area contributed by atoms with Crippen molar-refractivity contribution in [2.45, 2.75) is 25.9 Å². The molecule has 14 heteroatoms. The lowest BCUT2D eigenvalue weighted by Gasteiger charge is -2.48. The smallest absolute Gasteiger partial charge is 0.308 e. The summed E-state index contributed by atoms with van der Waals surface area (Å²) in [6.45, 7) is 0.220. The molecule has 2 amide bonds. The van der Waals surface area contributed by atoms with Gasteiger partial charge in [0.25, 0.3) is 0 Å². The average molecular weight is 923 g/mol. The van der Waals surface area contributed by atoms with E-state index < -0.39 is 47.4 Å². The fourth-order valence-electron chi connectivity index (χ4n) is 8.55. The molecule has 0 heterocycles. The first kappa shape index (κ1) is 47.9. The van der Waals surface area contributed by atoms with E-state index in [-0.39, 0.29) is 26.2 Å². The predicted molar refractivity (Wildman–Crippen MR) is 252 cm³/mol. The summed E-state index contributed by atoms with van der Waals surface area (Å²) in [5, 5.41) is 21.7. The number of nitrogens with zero attached hydrogens (tertiary/aromatic N) is 2. The molecule has 1 saturated carbocycles. The number of carbonyl (C=O) groups excluding carboxylic acids is 2. The van der Waals surface area contributed by atoms with Crippen molar-refractivity contribution < 1.29 is 57.8 Å². The van der Waals surface area contributed by atoms with Crippen molar-refractivity contribution >= 4 is 23.8 Å². The average Bonchev–Trinajstić information content (AvgIpc) is 3.34. The van der Waals surface area contributed by atoms with Gasteiger partial charge in [0.2, 0.25) is 11.8 Å². The van der Waals surface area contributed by atoms with Crippen LogP contribution in [0.4, 0.5) is 0 Å². The maximum absolute atomic E-state index is 14.9. The first-order valence-corrected chi connectivity index (χ1v) is 22.1. The molecule has 0 atom stereocenters. The van der Waals surface area contributed by atoms with Crippen LogP contribution in [0.5, 0.6) is 46.0 Å². The van der Waals surface area contributed by atoms with Crippen LogP contribution in [0.25, 0.3) is 0 Å². The Morgan fingerprint density at radius 3 is 1.06 bits per heavy atom. The number of para-hydroxylation sites is 2. The fourth-order valence-corrected chi connectivity index (χ4v) is 8.55. The summed E-state index contributed by atoms with van der Waals surface area (Å²) in [6, 6.07) is 43.5. The first-order chi connectivity index (χ1) is 33.0. The Balaban J connectivity index is 1.17. The summed E-state index contributed by atoms with van der Waals surface area (Å²) in [5.41, 5.74) is 2.97. The molecule has 0 spiro atoms. The summed E-state index contributed by atoms with van der Waals surface area (Å²) in [5.74, 6) is -6.19. The molecular formula is C54H54N2O12. The molecule has 68 heavy (non-hydrogen) atoms. The maximum atomic E-state index is 14.9. The van der Waals surface area contributed by atoms with Crippen LogP contribution in [0.2, 0.25) is 0 Å². The number of carboxylic acids is 2. The summed E-state index contributed by atoms with van der Waals surface area (Å²) in [4.78, 5) is 59.4. The van der Waals surface area contributed by atoms with Crippen molar-refractivity contribution in [3.8, 4) is 46.0 Å². The molecule has 1 aliphatic rings. The zero-order valence-electron chi connectivity index (χ0n) is 38.3. The molecule has 0 bridgehead atoms. The van der Waals surface area contributed by atoms with Crippen LogP contribution in [0.1, 0.15) is 22.3 Å². The molecule has 0 aliphatic heterocycles. The number of aliphatic carboxylic acids is 2. The molecule has 1 fully saturated rings. The van der Waals surface area contributed by atoms with Crippen molar-refractivity contribution in [2.24, 2.45) is 23.7 Å². The minimum atomic E-state index is -1.63. The van der Waals surface area contributed by atoms with Crippen molar-refractivity contribution in [3.63, 3.8) is 0 Å². The first-order valence-electron chi connectivity index (χ1n) is 22.1. The fraction of sp³-hybridized carbons (Fsp3) is 0.259. The Bertz CT molecular complexity index is 2470. The van der Waals surface area contributed by atoms with E-state index in [0.29, 0.717) is 70.0 Å². The quantitative estimate of drug-likeness (QED) is 0.0665. The van der Waals surface area contributed by atoms with E-state index in [0.717, 1.165) is 11.1 Å². The minimum absolute atomic E-state index is 0.0208. The van der Waals surface area contributed by atoms with Gasteiger partial charge in [0.15, 0.2) is 23.0 Å². The van der Waals surface area contributed by atoms with Crippen molar-refractivity contribution in [2.75, 3.05) is 41.5 Å². The van der Waals surface area contributed by atoms with Crippen LogP contribution in [0, 0.1) is 23.7 Å². The third-order valence-corrected chi connectivity index (χ3v) is 12.1. The molecular weight excluding hydrogens is 869 g/mol. The maximum Gasteiger partial charge on any atom is 0.308 e. The summed E-state index contributed by atoms with van der Waals surface area (Å²) in [6.07, 6.45) is 0.621. The standard InChI is InChI=1S/C54H54N2O12/c1-63-43-25-19-35(31-45(43)65-3)27-29-55(33-37-15-21-41(22-16-37)67-39-11-7-5-8-12-39)51(57)47-49(53(59)60)48(50(47)54(61)62)52(58)56(30-28-36-20-26-44(64-2)46(32-36)66-4)34-38-17-23-42(24-18-38)68-40-13-9-6-10-14-40/h5-26,31-32,47-50H,27-30,33-34H2,1-4H3,(H,59,60)(H,61,62). The van der Waals surface area contributed by atoms with Gasteiger partial charge in [-0.05, 0) is 108 Å². The molecule has 352 valence electrons. The number of carbonyl (C=O) groups is 4. The molecule has 6 aromatic carbocycles. The predicted octanol–water partition coefficient (Wildman–Crippen LogP) is 8.80. The van der Waals surface area contributed by atoms with Gasteiger partial charge in [-0.25, -0.2) is 0 Å². The summed E-state index contributed by atoms with van der Waals surface area (Å²) >= 11 is 0. The highest BCUT2D eigenvalue weighted by Crippen LogP contribution is 2.49. The molecule has 7 rings (SSSR count). The zero-order valence-corrected chi connectivity index (χ0v) is 38.3. The zero-order chi connectivity index (χ0) is 48.2. The van der Waals surface area contributed by atoms with Gasteiger partial charge in [0, 0.05) is 26.2 Å². The Kier molecular flexibility index (Phi) is 15.8. The normalized spacial score (nSPS) is 16.1. The minimum Gasteiger partial charge on any atom is -0.493 e. The Hall–Kier alpha value is -8.00. The number of carboxylic acid groups (broad SMARTS) is 2. The van der Waals surface area contributed by atoms with Crippen molar-refractivity contribution in [3.05, 3.63) is 168 Å². The van der Waals surface area contributed by atoms with Gasteiger partial charge in [-0.15, -0.1) is 0 Å². The lowest BCUT2D eigenvalue weighted by atomic mass is 9.55. The van der Waals surface area contributed by atoms with Gasteiger partial charge >= 0.3 is 11.9 Å². The second-order valence-corrected chi connectivity index (χ2v) is 16.3. The molecule has 1 aliphatic carbocycles. The third-order valence-electron chi connectivity index (χ3n) is 12.1. The molecule has 0 saturated heterocycles. The van der Waals surface area contributed by atoms with E-state index >= 15 is 0 Å². The number of rotatable bonds is 22. The molecule has 0 radical (unpaired) electrons. The van der Waals surface area contributed by atoms with Crippen LogP contribution in [-0.4, -0.2) is 85.3 Å². The van der Waals surface area contributed by atoms with Crippen LogP contribution >= 0.6 is 0 Å². The van der Waals surface area contributed by atoms with Crippen LogP contribution in [-0.2, 0) is 45.1 Å². The van der Waals surface area contributed by atoms with Crippen molar-refractivity contribution in [1.29, 1.82) is 0 Å². The van der Waals surface area contributed by atoms with Gasteiger partial charge in [-0.2, -0.15) is 0 Å². The highest BCUT2D eigenvalue weighted by molar-refractivity contribution is 5.99. The van der Waals surface area contributed by atoms with E-state index in [1.54, 1.807) is 72.8 Å². The van der Waals surface area contributed by atoms with Crippen LogP contribution in [0.3, 0.4) is 0 Å². The van der Waals surface area contributed by atoms with Gasteiger partial charge in [-0.1, -0.05) is 72.8 Å². The van der Waals surface area contributed by atoms with Gasteiger partial charge in [0.05, 0.1) is 52.1 Å². The molecule has 6 aromatic rings. The van der Waals surface area contributed by atoms with E-state index in [4.69, 9.17) is 28.4 Å². The van der Waals surface area contributed by atoms with Gasteiger partial charge in [-0.3, -0.25) is 19.2 Å². The Morgan fingerprint density at radius 2 is 0.735 bits per heavy atom. The lowest BCUT2D eigenvalue weighted by Crippen LogP contribution is -2.64.